The highest BCUT2D eigenvalue weighted by atomic mass is 16.5. The molecule has 0 aromatic carbocycles. The molecule has 1 amide bonds. The molecule has 0 spiro atoms. The van der Waals surface area contributed by atoms with Gasteiger partial charge in [0.25, 0.3) is 0 Å². The molecule has 1 N–H and O–H groups in total. The predicted molar refractivity (Wildman–Crippen MR) is 101 cm³/mol. The Morgan fingerprint density at radius 3 is 2.73 bits per heavy atom. The lowest BCUT2D eigenvalue weighted by Gasteiger charge is -2.32. The third-order valence-electron chi connectivity index (χ3n) is 4.71. The van der Waals surface area contributed by atoms with Gasteiger partial charge in [-0.1, -0.05) is 12.1 Å². The summed E-state index contributed by atoms with van der Waals surface area (Å²) in [5, 5.41) is 3.24. The minimum Gasteiger partial charge on any atom is -0.384 e. The van der Waals surface area contributed by atoms with Crippen molar-refractivity contribution in [2.75, 3.05) is 32.1 Å². The molecule has 1 saturated heterocycles. The molecule has 6 heteroatoms. The molecule has 0 unspecified atom stereocenters. The van der Waals surface area contributed by atoms with Crippen molar-refractivity contribution in [3.8, 4) is 0 Å². The maximum atomic E-state index is 12.1. The summed E-state index contributed by atoms with van der Waals surface area (Å²) in [4.78, 5) is 23.0. The van der Waals surface area contributed by atoms with E-state index in [2.05, 4.69) is 16.4 Å². The minimum absolute atomic E-state index is 0.199. The average Bonchev–Trinajstić information content (AvgIpc) is 2.68. The molecule has 1 aliphatic heterocycles. The number of nitrogens with one attached hydrogen (secondary N) is 1. The van der Waals surface area contributed by atoms with Crippen molar-refractivity contribution in [2.45, 2.75) is 25.7 Å². The molecule has 3 rings (SSSR count). The zero-order chi connectivity index (χ0) is 18.2. The van der Waals surface area contributed by atoms with Crippen LogP contribution in [0.25, 0.3) is 0 Å². The molecule has 1 fully saturated rings. The number of hydrogen-bond acceptors (Lipinski definition) is 5. The summed E-state index contributed by atoms with van der Waals surface area (Å²) in [6, 6.07) is 11.8. The first-order valence-corrected chi connectivity index (χ1v) is 9.15. The van der Waals surface area contributed by atoms with Gasteiger partial charge < -0.3 is 15.0 Å². The number of ether oxygens (including phenoxy) is 1. The fourth-order valence-corrected chi connectivity index (χ4v) is 3.26. The van der Waals surface area contributed by atoms with Crippen LogP contribution in [0.4, 0.5) is 11.6 Å². The number of aromatic nitrogens is 2. The number of nitrogens with zero attached hydrogens (tertiary/aromatic N) is 3. The van der Waals surface area contributed by atoms with Crippen LogP contribution in [0, 0.1) is 5.92 Å². The molecule has 138 valence electrons. The van der Waals surface area contributed by atoms with Gasteiger partial charge in [-0.25, -0.2) is 9.97 Å². The first-order valence-electron chi connectivity index (χ1n) is 9.15. The molecule has 0 aliphatic carbocycles. The van der Waals surface area contributed by atoms with Gasteiger partial charge in [0, 0.05) is 32.1 Å². The Balaban J connectivity index is 1.51. The van der Waals surface area contributed by atoms with Crippen molar-refractivity contribution < 1.29 is 9.53 Å². The second kappa shape index (κ2) is 9.29. The maximum Gasteiger partial charge on any atom is 0.224 e. The zero-order valence-electron chi connectivity index (χ0n) is 15.2. The van der Waals surface area contributed by atoms with Gasteiger partial charge in [-0.2, -0.15) is 0 Å². The van der Waals surface area contributed by atoms with Gasteiger partial charge in [0.15, 0.2) is 0 Å². The SMILES string of the molecule is COCCC(=O)N1CCC(Cc2cccc(Nc3ccccn3)n2)CC1. The largest absolute Gasteiger partial charge is 0.384 e. The highest BCUT2D eigenvalue weighted by Crippen LogP contribution is 2.22. The third kappa shape index (κ3) is 5.26. The molecule has 0 radical (unpaired) electrons. The van der Waals surface area contributed by atoms with Gasteiger partial charge in [0.1, 0.15) is 11.6 Å². The van der Waals surface area contributed by atoms with Crippen molar-refractivity contribution in [2.24, 2.45) is 5.92 Å². The van der Waals surface area contributed by atoms with Crippen LogP contribution in [0.15, 0.2) is 42.6 Å². The topological polar surface area (TPSA) is 67.3 Å². The monoisotopic (exact) mass is 354 g/mol. The first kappa shape index (κ1) is 18.3. The van der Waals surface area contributed by atoms with E-state index >= 15 is 0 Å². The summed E-state index contributed by atoms with van der Waals surface area (Å²) in [5.41, 5.74) is 1.08. The Bertz CT molecular complexity index is 700. The molecule has 2 aromatic heterocycles. The average molecular weight is 354 g/mol. The van der Waals surface area contributed by atoms with E-state index in [1.54, 1.807) is 13.3 Å². The summed E-state index contributed by atoms with van der Waals surface area (Å²) in [6.07, 6.45) is 5.23. The van der Waals surface area contributed by atoms with Crippen molar-refractivity contribution in [3.05, 3.63) is 48.3 Å². The predicted octanol–water partition coefficient (Wildman–Crippen LogP) is 3.04. The van der Waals surface area contributed by atoms with Crippen molar-refractivity contribution in [3.63, 3.8) is 0 Å². The van der Waals surface area contributed by atoms with E-state index < -0.39 is 0 Å². The molecule has 3 heterocycles. The van der Waals surface area contributed by atoms with Crippen molar-refractivity contribution >= 4 is 17.5 Å². The number of hydrogen-bond donors (Lipinski definition) is 1. The normalized spacial score (nSPS) is 15.0. The Kier molecular flexibility index (Phi) is 6.55. The number of carbonyl (C=O) groups excluding carboxylic acids is 1. The number of likely N-dealkylation sites (tertiary alicyclic amines) is 1. The number of amides is 1. The molecule has 0 bridgehead atoms. The highest BCUT2D eigenvalue weighted by molar-refractivity contribution is 5.76. The van der Waals surface area contributed by atoms with Gasteiger partial charge in [0.2, 0.25) is 5.91 Å². The second-order valence-electron chi connectivity index (χ2n) is 6.63. The van der Waals surface area contributed by atoms with E-state index in [9.17, 15) is 4.79 Å². The molecule has 0 saturated carbocycles. The summed E-state index contributed by atoms with van der Waals surface area (Å²) in [6.45, 7) is 2.16. The van der Waals surface area contributed by atoms with E-state index in [1.807, 2.05) is 35.2 Å². The van der Waals surface area contributed by atoms with Crippen molar-refractivity contribution in [1.82, 2.24) is 14.9 Å². The third-order valence-corrected chi connectivity index (χ3v) is 4.71. The quantitative estimate of drug-likeness (QED) is 0.828. The van der Waals surface area contributed by atoms with Crippen LogP contribution in [0.5, 0.6) is 0 Å². The smallest absolute Gasteiger partial charge is 0.224 e. The molecule has 26 heavy (non-hydrogen) atoms. The standard InChI is InChI=1S/C20H26N4O2/c1-26-14-10-20(25)24-12-8-16(9-13-24)15-17-5-4-7-19(22-17)23-18-6-2-3-11-21-18/h2-7,11,16H,8-10,12-15H2,1H3,(H,21,22,23). The number of anilines is 2. The molecular formula is C20H26N4O2. The number of pyridine rings is 2. The van der Waals surface area contributed by atoms with E-state index in [0.717, 1.165) is 49.7 Å². The Labute approximate surface area is 154 Å². The second-order valence-corrected chi connectivity index (χ2v) is 6.63. The molecule has 6 nitrogen and oxygen atoms in total. The molecule has 0 atom stereocenters. The summed E-state index contributed by atoms with van der Waals surface area (Å²) in [5.74, 6) is 2.37. The van der Waals surface area contributed by atoms with E-state index in [4.69, 9.17) is 9.72 Å². The van der Waals surface area contributed by atoms with Gasteiger partial charge in [-0.05, 0) is 49.4 Å². The molecular weight excluding hydrogens is 328 g/mol. The van der Waals surface area contributed by atoms with Crippen LogP contribution in [-0.2, 0) is 16.0 Å². The number of carbonyl (C=O) groups is 1. The van der Waals surface area contributed by atoms with Gasteiger partial charge in [-0.15, -0.1) is 0 Å². The fraction of sp³-hybridized carbons (Fsp3) is 0.450. The number of rotatable bonds is 7. The molecule has 1 aliphatic rings. The van der Waals surface area contributed by atoms with Crippen LogP contribution in [-0.4, -0.2) is 47.6 Å². The van der Waals surface area contributed by atoms with Crippen LogP contribution >= 0.6 is 0 Å². The zero-order valence-corrected chi connectivity index (χ0v) is 15.2. The van der Waals surface area contributed by atoms with Crippen molar-refractivity contribution in [1.29, 1.82) is 0 Å². The Hall–Kier alpha value is -2.47. The lowest BCUT2D eigenvalue weighted by atomic mass is 9.92. The molecule has 2 aromatic rings. The number of methoxy groups -OCH3 is 1. The van der Waals surface area contributed by atoms with Crippen LogP contribution in [0.1, 0.15) is 25.0 Å². The van der Waals surface area contributed by atoms with Crippen LogP contribution < -0.4 is 5.32 Å². The van der Waals surface area contributed by atoms with Gasteiger partial charge in [0.05, 0.1) is 13.0 Å². The van der Waals surface area contributed by atoms with E-state index in [1.165, 1.54) is 0 Å². The Morgan fingerprint density at radius 2 is 2.00 bits per heavy atom. The maximum absolute atomic E-state index is 12.1. The fourth-order valence-electron chi connectivity index (χ4n) is 3.26. The van der Waals surface area contributed by atoms with Crippen LogP contribution in [0.2, 0.25) is 0 Å². The highest BCUT2D eigenvalue weighted by Gasteiger charge is 2.23. The van der Waals surface area contributed by atoms with E-state index in [0.29, 0.717) is 18.9 Å². The van der Waals surface area contributed by atoms with E-state index in [-0.39, 0.29) is 5.91 Å². The summed E-state index contributed by atoms with van der Waals surface area (Å²) in [7, 11) is 1.63. The Morgan fingerprint density at radius 1 is 1.19 bits per heavy atom. The van der Waals surface area contributed by atoms with Gasteiger partial charge >= 0.3 is 0 Å². The number of piperidine rings is 1. The summed E-state index contributed by atoms with van der Waals surface area (Å²) >= 11 is 0. The van der Waals surface area contributed by atoms with Crippen LogP contribution in [0.3, 0.4) is 0 Å². The first-order chi connectivity index (χ1) is 12.7. The van der Waals surface area contributed by atoms with Gasteiger partial charge in [-0.3, -0.25) is 4.79 Å². The minimum atomic E-state index is 0.199. The lowest BCUT2D eigenvalue weighted by Crippen LogP contribution is -2.39. The summed E-state index contributed by atoms with van der Waals surface area (Å²) < 4.78 is 4.99. The lowest BCUT2D eigenvalue weighted by molar-refractivity contribution is -0.133.